The van der Waals surface area contributed by atoms with Gasteiger partial charge < -0.3 is 0 Å². The molecule has 16 heavy (non-hydrogen) atoms. The molecule has 0 spiro atoms. The van der Waals surface area contributed by atoms with Crippen LogP contribution in [0.15, 0.2) is 24.3 Å². The van der Waals surface area contributed by atoms with Gasteiger partial charge in [-0.1, -0.05) is 59.9 Å². The third-order valence-electron chi connectivity index (χ3n) is 2.08. The van der Waals surface area contributed by atoms with Crippen LogP contribution < -0.4 is 0 Å². The van der Waals surface area contributed by atoms with E-state index in [9.17, 15) is 0 Å². The summed E-state index contributed by atoms with van der Waals surface area (Å²) in [6, 6.07) is 0. The monoisotopic (exact) mass is 374 g/mol. The SMILES string of the molecule is CC=CC=CCP(C(C)C)C(C)C.[Cl][Pd][Cl]. The first kappa shape index (κ1) is 19.5. The first-order valence-electron chi connectivity index (χ1n) is 5.37. The molecule has 0 aliphatic rings. The number of hydrogen-bond acceptors (Lipinski definition) is 0. The van der Waals surface area contributed by atoms with E-state index < -0.39 is 0 Å². The normalized spacial score (nSPS) is 12.1. The molecule has 0 saturated heterocycles. The van der Waals surface area contributed by atoms with Crippen LogP contribution in [0.3, 0.4) is 0 Å². The summed E-state index contributed by atoms with van der Waals surface area (Å²) in [5, 5.41) is 0. The molecule has 0 N–H and O–H groups in total. The Morgan fingerprint density at radius 3 is 1.81 bits per heavy atom. The Morgan fingerprint density at radius 2 is 1.50 bits per heavy atom. The Hall–Kier alpha value is 1.15. The van der Waals surface area contributed by atoms with Crippen molar-refractivity contribution in [2.75, 3.05) is 6.16 Å². The summed E-state index contributed by atoms with van der Waals surface area (Å²) in [6.07, 6.45) is 9.93. The number of rotatable bonds is 5. The van der Waals surface area contributed by atoms with E-state index in [2.05, 4.69) is 58.9 Å². The number of allylic oxidation sites excluding steroid dienone is 4. The molecule has 0 heterocycles. The third-order valence-corrected chi connectivity index (χ3v) is 5.37. The molecule has 0 rings (SSSR count). The van der Waals surface area contributed by atoms with Crippen LogP contribution in [0.2, 0.25) is 0 Å². The minimum atomic E-state index is -0.106. The van der Waals surface area contributed by atoms with E-state index in [0.29, 0.717) is 0 Å². The second-order valence-electron chi connectivity index (χ2n) is 3.88. The van der Waals surface area contributed by atoms with Crippen LogP contribution in [0.5, 0.6) is 0 Å². The van der Waals surface area contributed by atoms with Crippen LogP contribution in [0.1, 0.15) is 34.6 Å². The molecule has 0 nitrogen and oxygen atoms in total. The summed E-state index contributed by atoms with van der Waals surface area (Å²) in [5.74, 6) is 0. The molecule has 0 unspecified atom stereocenters. The molecule has 0 atom stereocenters. The van der Waals surface area contributed by atoms with Crippen molar-refractivity contribution >= 4 is 27.0 Å². The molecule has 0 bridgehead atoms. The van der Waals surface area contributed by atoms with E-state index >= 15 is 0 Å². The fourth-order valence-electron chi connectivity index (χ4n) is 1.39. The van der Waals surface area contributed by atoms with Gasteiger partial charge in [0.15, 0.2) is 0 Å². The third kappa shape index (κ3) is 13.2. The average molecular weight is 376 g/mol. The molecule has 0 aromatic rings. The summed E-state index contributed by atoms with van der Waals surface area (Å²) in [5.41, 5.74) is 1.70. The Labute approximate surface area is 119 Å². The quantitative estimate of drug-likeness (QED) is 0.324. The van der Waals surface area contributed by atoms with Gasteiger partial charge in [0, 0.05) is 0 Å². The van der Waals surface area contributed by atoms with Gasteiger partial charge in [0.2, 0.25) is 0 Å². The van der Waals surface area contributed by atoms with Gasteiger partial charge in [-0.25, -0.2) is 0 Å². The molecule has 0 fully saturated rings. The van der Waals surface area contributed by atoms with Crippen molar-refractivity contribution < 1.29 is 15.9 Å². The zero-order valence-electron chi connectivity index (χ0n) is 10.7. The maximum atomic E-state index is 4.81. The fraction of sp³-hybridized carbons (Fsp3) is 0.667. The molecule has 100 valence electrons. The summed E-state index contributed by atoms with van der Waals surface area (Å²) in [6.45, 7) is 11.4. The molecule has 0 amide bonds. The van der Waals surface area contributed by atoms with E-state index in [-0.39, 0.29) is 23.9 Å². The van der Waals surface area contributed by atoms with Gasteiger partial charge >= 0.3 is 35.0 Å². The molecule has 0 radical (unpaired) electrons. The van der Waals surface area contributed by atoms with E-state index in [1.165, 1.54) is 6.16 Å². The van der Waals surface area contributed by atoms with Crippen molar-refractivity contribution in [3.8, 4) is 0 Å². The second-order valence-corrected chi connectivity index (χ2v) is 9.70. The summed E-state index contributed by atoms with van der Waals surface area (Å²) < 4.78 is 0. The van der Waals surface area contributed by atoms with E-state index in [0.717, 1.165) is 11.3 Å². The predicted octanol–water partition coefficient (Wildman–Crippen LogP) is 5.79. The summed E-state index contributed by atoms with van der Waals surface area (Å²) in [4.78, 5) is 0. The maximum absolute atomic E-state index is 4.81. The fourth-order valence-corrected chi connectivity index (χ4v) is 3.79. The number of halogens is 2. The minimum absolute atomic E-state index is 0.106. The summed E-state index contributed by atoms with van der Waals surface area (Å²) in [7, 11) is 9.81. The second kappa shape index (κ2) is 14.2. The Morgan fingerprint density at radius 1 is 1.06 bits per heavy atom. The van der Waals surface area contributed by atoms with Crippen molar-refractivity contribution in [3.05, 3.63) is 24.3 Å². The van der Waals surface area contributed by atoms with Crippen LogP contribution in [-0.4, -0.2) is 17.5 Å². The van der Waals surface area contributed by atoms with E-state index in [4.69, 9.17) is 19.1 Å². The van der Waals surface area contributed by atoms with Gasteiger partial charge in [0.05, 0.1) is 0 Å². The van der Waals surface area contributed by atoms with Crippen molar-refractivity contribution in [2.45, 2.75) is 45.9 Å². The van der Waals surface area contributed by atoms with Crippen molar-refractivity contribution in [2.24, 2.45) is 0 Å². The van der Waals surface area contributed by atoms with Gasteiger partial charge in [-0.15, -0.1) is 0 Å². The first-order chi connectivity index (χ1) is 7.51. The van der Waals surface area contributed by atoms with Gasteiger partial charge in [-0.05, 0) is 24.4 Å². The molecule has 0 saturated carbocycles. The zero-order chi connectivity index (χ0) is 13.0. The van der Waals surface area contributed by atoms with Crippen molar-refractivity contribution in [1.29, 1.82) is 0 Å². The van der Waals surface area contributed by atoms with Crippen LogP contribution in [0, 0.1) is 0 Å². The molecule has 0 aliphatic heterocycles. The molecular formula is C12H23Cl2PPd. The van der Waals surface area contributed by atoms with Crippen molar-refractivity contribution in [3.63, 3.8) is 0 Å². The topological polar surface area (TPSA) is 0 Å². The molecule has 0 aromatic heterocycles. The molecule has 4 heteroatoms. The standard InChI is InChI=1S/C12H23P.2ClH.Pd/c1-6-7-8-9-10-13(11(2)3)12(4)5;;;/h6-9,11-12H,10H2,1-5H3;2*1H;/q;;;+2/p-2. The average Bonchev–Trinajstić information content (AvgIpc) is 2.17. The molecular weight excluding hydrogens is 352 g/mol. The molecule has 0 aromatic carbocycles. The van der Waals surface area contributed by atoms with Crippen LogP contribution in [0.4, 0.5) is 0 Å². The van der Waals surface area contributed by atoms with E-state index in [1.54, 1.807) is 0 Å². The van der Waals surface area contributed by atoms with Crippen LogP contribution >= 0.6 is 27.0 Å². The van der Waals surface area contributed by atoms with Gasteiger partial charge in [0.1, 0.15) is 0 Å². The predicted molar refractivity (Wildman–Crippen MR) is 77.7 cm³/mol. The van der Waals surface area contributed by atoms with Gasteiger partial charge in [-0.3, -0.25) is 0 Å². The summed E-state index contributed by atoms with van der Waals surface area (Å²) >= 11 is -0.106. The first-order valence-corrected chi connectivity index (χ1v) is 11.0. The van der Waals surface area contributed by atoms with Gasteiger partial charge in [0.25, 0.3) is 0 Å². The number of hydrogen-bond donors (Lipinski definition) is 0. The van der Waals surface area contributed by atoms with E-state index in [1.807, 2.05) is 0 Å². The van der Waals surface area contributed by atoms with Crippen molar-refractivity contribution in [1.82, 2.24) is 0 Å². The Kier molecular flexibility index (Phi) is 17.3. The Balaban J connectivity index is 0. The molecule has 0 aliphatic carbocycles. The Bertz CT molecular complexity index is 183. The van der Waals surface area contributed by atoms with Crippen LogP contribution in [0.25, 0.3) is 0 Å². The van der Waals surface area contributed by atoms with Crippen LogP contribution in [-0.2, 0) is 15.9 Å². The van der Waals surface area contributed by atoms with Gasteiger partial charge in [-0.2, -0.15) is 0 Å². The zero-order valence-corrected chi connectivity index (χ0v) is 14.7.